The van der Waals surface area contributed by atoms with E-state index in [0.29, 0.717) is 0 Å². The van der Waals surface area contributed by atoms with Crippen LogP contribution in [0.3, 0.4) is 0 Å². The molecule has 0 bridgehead atoms. The molecule has 45 heavy (non-hydrogen) atoms. The first kappa shape index (κ1) is 25.7. The van der Waals surface area contributed by atoms with Crippen LogP contribution in [0.1, 0.15) is 18.4 Å². The Morgan fingerprint density at radius 3 is 2.07 bits per heavy atom. The van der Waals surface area contributed by atoms with E-state index in [1.807, 2.05) is 12.1 Å². The monoisotopic (exact) mass is 579 g/mol. The lowest BCUT2D eigenvalue weighted by atomic mass is 9.96. The molecule has 0 N–H and O–H groups in total. The zero-order chi connectivity index (χ0) is 29.7. The van der Waals surface area contributed by atoms with Gasteiger partial charge in [-0.25, -0.2) is 0 Å². The second-order valence-corrected chi connectivity index (χ2v) is 11.6. The fraction of sp³-hybridized carbons (Fsp3) is 0.0476. The van der Waals surface area contributed by atoms with Gasteiger partial charge in [-0.05, 0) is 78.1 Å². The third kappa shape index (κ3) is 4.20. The summed E-state index contributed by atoms with van der Waals surface area (Å²) < 4.78 is 13.4. The first-order chi connectivity index (χ1) is 22.3. The molecule has 2 aromatic heterocycles. The third-order valence-electron chi connectivity index (χ3n) is 8.93. The number of rotatable bonds is 5. The first-order valence-corrected chi connectivity index (χ1v) is 15.5. The Morgan fingerprint density at radius 1 is 0.533 bits per heavy atom. The van der Waals surface area contributed by atoms with Crippen molar-refractivity contribution in [2.24, 2.45) is 0 Å². The van der Waals surface area contributed by atoms with E-state index in [0.717, 1.165) is 84.9 Å². The summed E-state index contributed by atoms with van der Waals surface area (Å²) in [5.41, 5.74) is 11.5. The molecule has 0 spiro atoms. The maximum Gasteiger partial charge on any atom is 0.144 e. The van der Waals surface area contributed by atoms with E-state index < -0.39 is 0 Å². The summed E-state index contributed by atoms with van der Waals surface area (Å²) >= 11 is 0. The fourth-order valence-corrected chi connectivity index (χ4v) is 6.88. The molecule has 0 radical (unpaired) electrons. The van der Waals surface area contributed by atoms with Crippen LogP contribution >= 0.6 is 0 Å². The van der Waals surface area contributed by atoms with Gasteiger partial charge in [0.15, 0.2) is 0 Å². The Morgan fingerprint density at radius 2 is 1.27 bits per heavy atom. The van der Waals surface area contributed by atoms with E-state index in [2.05, 4.69) is 144 Å². The highest BCUT2D eigenvalue weighted by molar-refractivity contribution is 6.25. The van der Waals surface area contributed by atoms with Crippen LogP contribution in [0.25, 0.3) is 60.6 Å². The van der Waals surface area contributed by atoms with Crippen molar-refractivity contribution in [1.29, 1.82) is 0 Å². The van der Waals surface area contributed by atoms with Crippen molar-refractivity contribution in [1.82, 2.24) is 0 Å². The molecule has 0 saturated heterocycles. The van der Waals surface area contributed by atoms with Gasteiger partial charge in [-0.2, -0.15) is 0 Å². The van der Waals surface area contributed by atoms with Crippen molar-refractivity contribution in [3.05, 3.63) is 157 Å². The Hall–Kier alpha value is -5.80. The highest BCUT2D eigenvalue weighted by atomic mass is 16.3. The van der Waals surface area contributed by atoms with E-state index in [4.69, 9.17) is 8.83 Å². The summed E-state index contributed by atoms with van der Waals surface area (Å²) in [5, 5.41) is 4.25. The molecule has 0 amide bonds. The van der Waals surface area contributed by atoms with Gasteiger partial charge in [0, 0.05) is 33.1 Å². The number of hydrogen-bond donors (Lipinski definition) is 0. The molecule has 1 aliphatic rings. The average molecular weight is 580 g/mol. The number of fused-ring (bicyclic) bond motifs is 6. The minimum Gasteiger partial charge on any atom is -0.456 e. The van der Waals surface area contributed by atoms with Crippen molar-refractivity contribution in [3.63, 3.8) is 0 Å². The number of para-hydroxylation sites is 2. The Kier molecular flexibility index (Phi) is 5.95. The lowest BCUT2D eigenvalue weighted by molar-refractivity contribution is 0.664. The quantitative estimate of drug-likeness (QED) is 0.203. The van der Waals surface area contributed by atoms with Gasteiger partial charge in [0.2, 0.25) is 0 Å². The van der Waals surface area contributed by atoms with Crippen molar-refractivity contribution < 1.29 is 8.83 Å². The van der Waals surface area contributed by atoms with Gasteiger partial charge in [0.25, 0.3) is 0 Å². The van der Waals surface area contributed by atoms with Gasteiger partial charge in [-0.3, -0.25) is 0 Å². The van der Waals surface area contributed by atoms with Gasteiger partial charge in [-0.1, -0.05) is 103 Å². The van der Waals surface area contributed by atoms with E-state index in [-0.39, 0.29) is 0 Å². The molecule has 0 aliphatic heterocycles. The Bertz CT molecular complexity index is 2410. The highest BCUT2D eigenvalue weighted by Crippen LogP contribution is 2.48. The average Bonchev–Trinajstić information content (AvgIpc) is 3.67. The number of hydrogen-bond acceptors (Lipinski definition) is 3. The Balaban J connectivity index is 1.33. The second-order valence-electron chi connectivity index (χ2n) is 11.6. The standard InChI is InChI=1S/C42H29NO2/c1-4-13-28(14-5-1)29-23-25-32(26-24-29)43(31-17-8-3-9-18-31)35-20-12-22-37-40(35)34-27-38-41(33-19-10-11-21-36(33)44-38)39(42(34)45-37)30-15-6-2-7-16-30/h1-4,6-13,15-27H,5,14H2. The van der Waals surface area contributed by atoms with Crippen molar-refractivity contribution >= 4 is 66.5 Å². The highest BCUT2D eigenvalue weighted by Gasteiger charge is 2.24. The van der Waals surface area contributed by atoms with Crippen molar-refractivity contribution in [2.45, 2.75) is 12.8 Å². The first-order valence-electron chi connectivity index (χ1n) is 15.5. The predicted molar refractivity (Wildman–Crippen MR) is 187 cm³/mol. The number of furan rings is 2. The van der Waals surface area contributed by atoms with Crippen LogP contribution in [-0.2, 0) is 0 Å². The SMILES string of the molecule is C1=CCCC(c2ccc(N(c3ccccc3)c3cccc4oc5c(-c6ccccc6)c6c(cc5c34)oc3ccccc36)cc2)=C1. The molecule has 9 rings (SSSR count). The van der Waals surface area contributed by atoms with Crippen LogP contribution in [0.4, 0.5) is 17.1 Å². The molecule has 0 saturated carbocycles. The van der Waals surface area contributed by atoms with Crippen LogP contribution in [-0.4, -0.2) is 0 Å². The van der Waals surface area contributed by atoms with Gasteiger partial charge in [-0.15, -0.1) is 0 Å². The van der Waals surface area contributed by atoms with Gasteiger partial charge >= 0.3 is 0 Å². The van der Waals surface area contributed by atoms with Crippen molar-refractivity contribution in [3.8, 4) is 11.1 Å². The molecule has 2 heterocycles. The van der Waals surface area contributed by atoms with Crippen molar-refractivity contribution in [2.75, 3.05) is 4.90 Å². The zero-order valence-electron chi connectivity index (χ0n) is 24.6. The normalized spacial score (nSPS) is 13.2. The molecule has 0 unspecified atom stereocenters. The van der Waals surface area contributed by atoms with Crippen LogP contribution in [0.2, 0.25) is 0 Å². The van der Waals surface area contributed by atoms with Gasteiger partial charge < -0.3 is 13.7 Å². The Labute approximate surface area is 260 Å². The molecule has 1 aliphatic carbocycles. The largest absolute Gasteiger partial charge is 0.456 e. The molecular weight excluding hydrogens is 550 g/mol. The molecule has 6 aromatic carbocycles. The van der Waals surface area contributed by atoms with E-state index in [9.17, 15) is 0 Å². The number of benzene rings is 6. The lowest BCUT2D eigenvalue weighted by Gasteiger charge is -2.26. The fourth-order valence-electron chi connectivity index (χ4n) is 6.88. The summed E-state index contributed by atoms with van der Waals surface area (Å²) in [6, 6.07) is 46.8. The molecular formula is C42H29NO2. The van der Waals surface area contributed by atoms with Crippen LogP contribution in [0.15, 0.2) is 161 Å². The topological polar surface area (TPSA) is 29.5 Å². The van der Waals surface area contributed by atoms with Gasteiger partial charge in [0.1, 0.15) is 22.3 Å². The maximum absolute atomic E-state index is 6.84. The number of anilines is 3. The molecule has 3 heteroatoms. The minimum absolute atomic E-state index is 0.841. The van der Waals surface area contributed by atoms with Crippen LogP contribution < -0.4 is 4.90 Å². The molecule has 0 fully saturated rings. The van der Waals surface area contributed by atoms with E-state index in [1.165, 1.54) is 11.1 Å². The van der Waals surface area contributed by atoms with E-state index in [1.54, 1.807) is 0 Å². The van der Waals surface area contributed by atoms with Crippen LogP contribution in [0, 0.1) is 0 Å². The van der Waals surface area contributed by atoms with E-state index >= 15 is 0 Å². The summed E-state index contributed by atoms with van der Waals surface area (Å²) in [6.07, 6.45) is 8.78. The lowest BCUT2D eigenvalue weighted by Crippen LogP contribution is -2.10. The molecule has 214 valence electrons. The summed E-state index contributed by atoms with van der Waals surface area (Å²) in [4.78, 5) is 2.33. The molecule has 3 nitrogen and oxygen atoms in total. The van der Waals surface area contributed by atoms with Crippen LogP contribution in [0.5, 0.6) is 0 Å². The minimum atomic E-state index is 0.841. The smallest absolute Gasteiger partial charge is 0.144 e. The summed E-state index contributed by atoms with van der Waals surface area (Å²) in [7, 11) is 0. The number of nitrogens with zero attached hydrogens (tertiary/aromatic N) is 1. The summed E-state index contributed by atoms with van der Waals surface area (Å²) in [6.45, 7) is 0. The maximum atomic E-state index is 6.84. The number of allylic oxidation sites excluding steroid dienone is 4. The molecule has 0 atom stereocenters. The van der Waals surface area contributed by atoms with Gasteiger partial charge in [0.05, 0.1) is 11.1 Å². The second kappa shape index (κ2) is 10.4. The zero-order valence-corrected chi connectivity index (χ0v) is 24.6. The molecule has 8 aromatic rings. The summed E-state index contributed by atoms with van der Waals surface area (Å²) in [5.74, 6) is 0. The third-order valence-corrected chi connectivity index (χ3v) is 8.93. The predicted octanol–water partition coefficient (Wildman–Crippen LogP) is 12.4.